The van der Waals surface area contributed by atoms with Gasteiger partial charge in [0.15, 0.2) is 0 Å². The molecule has 1 aliphatic heterocycles. The molecule has 0 aliphatic carbocycles. The largest absolute Gasteiger partial charge is 0.478 e. The zero-order valence-electron chi connectivity index (χ0n) is 13.9. The van der Waals surface area contributed by atoms with Crippen LogP contribution in [0.4, 0.5) is 11.4 Å². The van der Waals surface area contributed by atoms with Gasteiger partial charge in [0.25, 0.3) is 5.91 Å². The summed E-state index contributed by atoms with van der Waals surface area (Å²) in [6.07, 6.45) is -0.0137. The Kier molecular flexibility index (Phi) is 4.27. The van der Waals surface area contributed by atoms with Crippen molar-refractivity contribution in [2.45, 2.75) is 26.3 Å². The van der Waals surface area contributed by atoms with Crippen LogP contribution in [0.5, 0.6) is 0 Å². The molecule has 0 spiro atoms. The molecule has 2 aromatic carbocycles. The summed E-state index contributed by atoms with van der Waals surface area (Å²) in [6, 6.07) is 11.1. The summed E-state index contributed by atoms with van der Waals surface area (Å²) in [5.74, 6) is -1.77. The Morgan fingerprint density at radius 3 is 2.60 bits per heavy atom. The van der Waals surface area contributed by atoms with E-state index in [-0.39, 0.29) is 23.8 Å². The number of carbonyl (C=O) groups is 3. The van der Waals surface area contributed by atoms with E-state index in [9.17, 15) is 19.5 Å². The Hall–Kier alpha value is -3.15. The van der Waals surface area contributed by atoms with Crippen molar-refractivity contribution in [3.8, 4) is 0 Å². The average Bonchev–Trinajstić information content (AvgIpc) is 2.84. The van der Waals surface area contributed by atoms with Crippen LogP contribution < -0.4 is 10.2 Å². The first-order valence-corrected chi connectivity index (χ1v) is 7.91. The smallest absolute Gasteiger partial charge is 0.337 e. The number of rotatable bonds is 4. The van der Waals surface area contributed by atoms with E-state index in [0.717, 1.165) is 11.1 Å². The van der Waals surface area contributed by atoms with Crippen molar-refractivity contribution in [3.63, 3.8) is 0 Å². The predicted octanol–water partition coefficient (Wildman–Crippen LogP) is 2.75. The molecule has 1 unspecified atom stereocenters. The third-order valence-corrected chi connectivity index (χ3v) is 4.24. The normalized spacial score (nSPS) is 17.0. The van der Waals surface area contributed by atoms with E-state index >= 15 is 0 Å². The number of carbonyl (C=O) groups excluding carboxylic acids is 2. The van der Waals surface area contributed by atoms with Gasteiger partial charge in [-0.05, 0) is 43.2 Å². The number of carboxylic acids is 1. The second-order valence-corrected chi connectivity index (χ2v) is 6.11. The van der Waals surface area contributed by atoms with Gasteiger partial charge in [0.1, 0.15) is 6.04 Å². The van der Waals surface area contributed by atoms with E-state index in [2.05, 4.69) is 5.32 Å². The van der Waals surface area contributed by atoms with Crippen molar-refractivity contribution in [3.05, 3.63) is 59.2 Å². The minimum atomic E-state index is -1.09. The molecule has 0 radical (unpaired) electrons. The van der Waals surface area contributed by atoms with E-state index in [0.29, 0.717) is 11.4 Å². The highest BCUT2D eigenvalue weighted by molar-refractivity contribution is 6.23. The minimum absolute atomic E-state index is 0.0137. The van der Waals surface area contributed by atoms with Crippen LogP contribution in [0, 0.1) is 13.8 Å². The molecule has 6 heteroatoms. The van der Waals surface area contributed by atoms with E-state index in [4.69, 9.17) is 0 Å². The standard InChI is InChI=1S/C19H18N2O4/c1-11-7-8-12(2)16(9-11)21-17(22)10-15(18(21)23)20-14-6-4-3-5-13(14)19(24)25/h3-9,15,20H,10H2,1-2H3,(H,24,25). The summed E-state index contributed by atoms with van der Waals surface area (Å²) < 4.78 is 0. The fourth-order valence-corrected chi connectivity index (χ4v) is 2.94. The fraction of sp³-hybridized carbons (Fsp3) is 0.211. The average molecular weight is 338 g/mol. The lowest BCUT2D eigenvalue weighted by Crippen LogP contribution is -2.35. The lowest BCUT2D eigenvalue weighted by Gasteiger charge is -2.19. The number of imide groups is 1. The highest BCUT2D eigenvalue weighted by Gasteiger charge is 2.40. The Balaban J connectivity index is 1.90. The maximum atomic E-state index is 12.8. The number of carboxylic acid groups (broad SMARTS) is 1. The van der Waals surface area contributed by atoms with Crippen LogP contribution in [-0.2, 0) is 9.59 Å². The number of para-hydroxylation sites is 1. The van der Waals surface area contributed by atoms with Crippen LogP contribution in [0.3, 0.4) is 0 Å². The molecule has 1 aliphatic rings. The number of benzene rings is 2. The van der Waals surface area contributed by atoms with Crippen LogP contribution in [0.2, 0.25) is 0 Å². The fourth-order valence-electron chi connectivity index (χ4n) is 2.94. The lowest BCUT2D eigenvalue weighted by molar-refractivity contribution is -0.121. The molecule has 6 nitrogen and oxygen atoms in total. The summed E-state index contributed by atoms with van der Waals surface area (Å²) in [4.78, 5) is 37.7. The van der Waals surface area contributed by atoms with Crippen LogP contribution >= 0.6 is 0 Å². The van der Waals surface area contributed by atoms with Gasteiger partial charge in [0.05, 0.1) is 17.7 Å². The second kappa shape index (κ2) is 6.39. The van der Waals surface area contributed by atoms with Crippen molar-refractivity contribution < 1.29 is 19.5 Å². The maximum absolute atomic E-state index is 12.8. The maximum Gasteiger partial charge on any atom is 0.337 e. The zero-order valence-corrected chi connectivity index (χ0v) is 13.9. The Labute approximate surface area is 145 Å². The van der Waals surface area contributed by atoms with Gasteiger partial charge in [0, 0.05) is 5.69 Å². The van der Waals surface area contributed by atoms with Gasteiger partial charge in [-0.25, -0.2) is 9.69 Å². The second-order valence-electron chi connectivity index (χ2n) is 6.11. The van der Waals surface area contributed by atoms with Gasteiger partial charge >= 0.3 is 5.97 Å². The SMILES string of the molecule is Cc1ccc(C)c(N2C(=O)CC(Nc3ccccc3C(=O)O)C2=O)c1. The van der Waals surface area contributed by atoms with Crippen LogP contribution in [0.25, 0.3) is 0 Å². The van der Waals surface area contributed by atoms with Crippen molar-refractivity contribution in [2.75, 3.05) is 10.2 Å². The summed E-state index contributed by atoms with van der Waals surface area (Å²) in [5.41, 5.74) is 2.75. The molecule has 1 atom stereocenters. The van der Waals surface area contributed by atoms with Crippen molar-refractivity contribution in [2.24, 2.45) is 0 Å². The quantitative estimate of drug-likeness (QED) is 0.837. The van der Waals surface area contributed by atoms with Gasteiger partial charge in [-0.1, -0.05) is 24.3 Å². The van der Waals surface area contributed by atoms with Gasteiger partial charge in [0.2, 0.25) is 5.91 Å². The first kappa shape index (κ1) is 16.7. The van der Waals surface area contributed by atoms with E-state index in [1.54, 1.807) is 24.3 Å². The number of nitrogens with zero attached hydrogens (tertiary/aromatic N) is 1. The third-order valence-electron chi connectivity index (χ3n) is 4.24. The molecule has 128 valence electrons. The Bertz CT molecular complexity index is 875. The summed E-state index contributed by atoms with van der Waals surface area (Å²) in [7, 11) is 0. The van der Waals surface area contributed by atoms with Gasteiger partial charge in [-0.3, -0.25) is 9.59 Å². The molecule has 1 saturated heterocycles. The summed E-state index contributed by atoms with van der Waals surface area (Å²) in [6.45, 7) is 3.74. The molecule has 2 N–H and O–H groups in total. The molecule has 1 fully saturated rings. The Morgan fingerprint density at radius 1 is 1.16 bits per heavy atom. The molecule has 25 heavy (non-hydrogen) atoms. The van der Waals surface area contributed by atoms with Crippen LogP contribution in [0.1, 0.15) is 27.9 Å². The Morgan fingerprint density at radius 2 is 1.88 bits per heavy atom. The summed E-state index contributed by atoms with van der Waals surface area (Å²) >= 11 is 0. The number of aryl methyl sites for hydroxylation is 2. The van der Waals surface area contributed by atoms with Crippen molar-refractivity contribution in [1.29, 1.82) is 0 Å². The molecular weight excluding hydrogens is 320 g/mol. The topological polar surface area (TPSA) is 86.7 Å². The first-order valence-electron chi connectivity index (χ1n) is 7.91. The van der Waals surface area contributed by atoms with Crippen molar-refractivity contribution >= 4 is 29.2 Å². The van der Waals surface area contributed by atoms with Crippen LogP contribution in [-0.4, -0.2) is 28.9 Å². The predicted molar refractivity (Wildman–Crippen MR) is 93.8 cm³/mol. The molecule has 0 bridgehead atoms. The number of aromatic carboxylic acids is 1. The lowest BCUT2D eigenvalue weighted by atomic mass is 10.1. The number of hydrogen-bond acceptors (Lipinski definition) is 4. The molecule has 2 aromatic rings. The molecular formula is C19H18N2O4. The molecule has 0 saturated carbocycles. The summed E-state index contributed by atoms with van der Waals surface area (Å²) in [5, 5.41) is 12.2. The molecule has 0 aromatic heterocycles. The highest BCUT2D eigenvalue weighted by atomic mass is 16.4. The number of anilines is 2. The molecule has 2 amide bonds. The monoisotopic (exact) mass is 338 g/mol. The minimum Gasteiger partial charge on any atom is -0.478 e. The van der Waals surface area contributed by atoms with Crippen molar-refractivity contribution in [1.82, 2.24) is 0 Å². The van der Waals surface area contributed by atoms with Gasteiger partial charge < -0.3 is 10.4 Å². The van der Waals surface area contributed by atoms with E-state index in [1.807, 2.05) is 26.0 Å². The van der Waals surface area contributed by atoms with E-state index < -0.39 is 12.0 Å². The third kappa shape index (κ3) is 3.10. The number of nitrogens with one attached hydrogen (secondary N) is 1. The highest BCUT2D eigenvalue weighted by Crippen LogP contribution is 2.29. The van der Waals surface area contributed by atoms with Gasteiger partial charge in [-0.2, -0.15) is 0 Å². The van der Waals surface area contributed by atoms with Crippen LogP contribution in [0.15, 0.2) is 42.5 Å². The van der Waals surface area contributed by atoms with E-state index in [1.165, 1.54) is 11.0 Å². The molecule has 3 rings (SSSR count). The number of hydrogen-bond donors (Lipinski definition) is 2. The zero-order chi connectivity index (χ0) is 18.1. The van der Waals surface area contributed by atoms with Gasteiger partial charge in [-0.15, -0.1) is 0 Å². The molecule has 1 heterocycles. The first-order chi connectivity index (χ1) is 11.9. The number of amides is 2.